The molecule has 1 N–H and O–H groups in total. The van der Waals surface area contributed by atoms with E-state index in [9.17, 15) is 0 Å². The minimum absolute atomic E-state index is 0.122. The van der Waals surface area contributed by atoms with Crippen molar-refractivity contribution < 1.29 is 4.84 Å². The molecule has 0 aliphatic heterocycles. The van der Waals surface area contributed by atoms with Crippen molar-refractivity contribution in [2.45, 2.75) is 58.1 Å². The molecule has 23 heavy (non-hydrogen) atoms. The quantitative estimate of drug-likeness (QED) is 0.588. The molecule has 0 fully saturated rings. The number of hydroxylamine groups is 1. The number of nitrogens with one attached hydrogen (secondary N) is 1. The monoisotopic (exact) mass is 311 g/mol. The molecule has 0 heterocycles. The number of benzene rings is 2. The zero-order chi connectivity index (χ0) is 16.3. The van der Waals surface area contributed by atoms with Crippen LogP contribution in [0, 0.1) is 0 Å². The lowest BCUT2D eigenvalue weighted by molar-refractivity contribution is -0.0513. The summed E-state index contributed by atoms with van der Waals surface area (Å²) in [4.78, 5) is 6.11. The van der Waals surface area contributed by atoms with Gasteiger partial charge in [0.15, 0.2) is 0 Å². The Balaban J connectivity index is 1.95. The largest absolute Gasteiger partial charge is 0.293 e. The third-order valence-corrected chi connectivity index (χ3v) is 4.06. The molecule has 0 radical (unpaired) electrons. The van der Waals surface area contributed by atoms with Crippen LogP contribution in [0.5, 0.6) is 0 Å². The van der Waals surface area contributed by atoms with Crippen LogP contribution >= 0.6 is 0 Å². The maximum absolute atomic E-state index is 6.11. The average molecular weight is 311 g/mol. The Labute approximate surface area is 140 Å². The zero-order valence-electron chi connectivity index (χ0n) is 14.4. The van der Waals surface area contributed by atoms with Gasteiger partial charge in [0.1, 0.15) is 6.10 Å². The van der Waals surface area contributed by atoms with Gasteiger partial charge in [-0.2, -0.15) is 5.48 Å². The Morgan fingerprint density at radius 2 is 1.43 bits per heavy atom. The molecule has 0 amide bonds. The second-order valence-corrected chi connectivity index (χ2v) is 6.10. The molecule has 0 bridgehead atoms. The van der Waals surface area contributed by atoms with Gasteiger partial charge in [0.2, 0.25) is 0 Å². The molecular weight excluding hydrogens is 282 g/mol. The van der Waals surface area contributed by atoms with E-state index in [1.165, 1.54) is 11.1 Å². The summed E-state index contributed by atoms with van der Waals surface area (Å²) >= 11 is 0. The molecule has 2 atom stereocenters. The molecule has 0 saturated carbocycles. The third kappa shape index (κ3) is 6.17. The molecular formula is C21H29NO. The van der Waals surface area contributed by atoms with Crippen molar-refractivity contribution in [1.29, 1.82) is 0 Å². The van der Waals surface area contributed by atoms with Crippen molar-refractivity contribution in [3.8, 4) is 0 Å². The highest BCUT2D eigenvalue weighted by Gasteiger charge is 2.15. The standard InChI is InChI=1S/C21H29NO/c1-3-11-20(17-18-13-7-5-8-14-18)22-23-21(12-4-2)19-15-9-6-10-16-19/h5-10,13-16,20-22H,3-4,11-12,17H2,1-2H3/t20?,21-/m1/s1. The van der Waals surface area contributed by atoms with Gasteiger partial charge in [-0.25, -0.2) is 0 Å². The van der Waals surface area contributed by atoms with Crippen molar-refractivity contribution in [3.63, 3.8) is 0 Å². The van der Waals surface area contributed by atoms with Crippen LogP contribution in [0.15, 0.2) is 60.7 Å². The molecule has 1 unspecified atom stereocenters. The summed E-state index contributed by atoms with van der Waals surface area (Å²) in [6.45, 7) is 4.42. The summed E-state index contributed by atoms with van der Waals surface area (Å²) in [6.07, 6.45) is 5.53. The van der Waals surface area contributed by atoms with Gasteiger partial charge in [0.25, 0.3) is 0 Å². The van der Waals surface area contributed by atoms with Crippen molar-refractivity contribution >= 4 is 0 Å². The van der Waals surface area contributed by atoms with Gasteiger partial charge in [-0.05, 0) is 30.4 Å². The first-order valence-corrected chi connectivity index (χ1v) is 8.83. The van der Waals surface area contributed by atoms with Crippen molar-refractivity contribution in [1.82, 2.24) is 5.48 Å². The molecule has 124 valence electrons. The zero-order valence-corrected chi connectivity index (χ0v) is 14.4. The highest BCUT2D eigenvalue weighted by molar-refractivity contribution is 5.18. The average Bonchev–Trinajstić information content (AvgIpc) is 2.60. The highest BCUT2D eigenvalue weighted by Crippen LogP contribution is 2.22. The summed E-state index contributed by atoms with van der Waals surface area (Å²) < 4.78 is 0. The predicted molar refractivity (Wildman–Crippen MR) is 97.2 cm³/mol. The van der Waals surface area contributed by atoms with Gasteiger partial charge < -0.3 is 0 Å². The summed E-state index contributed by atoms with van der Waals surface area (Å²) in [5, 5.41) is 0. The number of hydrogen-bond donors (Lipinski definition) is 1. The predicted octanol–water partition coefficient (Wildman–Crippen LogP) is 5.46. The van der Waals surface area contributed by atoms with Crippen molar-refractivity contribution in [2.75, 3.05) is 0 Å². The van der Waals surface area contributed by atoms with E-state index in [4.69, 9.17) is 4.84 Å². The van der Waals surface area contributed by atoms with Crippen LogP contribution < -0.4 is 5.48 Å². The molecule has 0 saturated heterocycles. The van der Waals surface area contributed by atoms with Gasteiger partial charge in [-0.3, -0.25) is 4.84 Å². The lowest BCUT2D eigenvalue weighted by Crippen LogP contribution is -2.32. The second kappa shape index (κ2) is 10.2. The van der Waals surface area contributed by atoms with E-state index in [0.29, 0.717) is 6.04 Å². The van der Waals surface area contributed by atoms with E-state index in [1.807, 2.05) is 0 Å². The van der Waals surface area contributed by atoms with E-state index in [-0.39, 0.29) is 6.10 Å². The molecule has 0 aliphatic carbocycles. The van der Waals surface area contributed by atoms with Crippen LogP contribution in [0.1, 0.15) is 56.8 Å². The molecule has 2 nitrogen and oxygen atoms in total. The summed E-state index contributed by atoms with van der Waals surface area (Å²) in [5.74, 6) is 0. The minimum Gasteiger partial charge on any atom is -0.293 e. The van der Waals surface area contributed by atoms with Gasteiger partial charge in [-0.15, -0.1) is 0 Å². The van der Waals surface area contributed by atoms with E-state index in [1.54, 1.807) is 0 Å². The molecule has 2 rings (SSSR count). The third-order valence-electron chi connectivity index (χ3n) is 4.06. The highest BCUT2D eigenvalue weighted by atomic mass is 16.7. The Kier molecular flexibility index (Phi) is 7.85. The Hall–Kier alpha value is -1.64. The normalized spacial score (nSPS) is 13.7. The summed E-state index contributed by atoms with van der Waals surface area (Å²) in [5.41, 5.74) is 5.95. The fourth-order valence-electron chi connectivity index (χ4n) is 2.85. The van der Waals surface area contributed by atoms with Crippen LogP contribution in [0.2, 0.25) is 0 Å². The SMILES string of the molecule is CCCC(Cc1ccccc1)NO[C@H](CCC)c1ccccc1. The molecule has 0 spiro atoms. The van der Waals surface area contributed by atoms with Crippen LogP contribution in [0.3, 0.4) is 0 Å². The van der Waals surface area contributed by atoms with E-state index < -0.39 is 0 Å². The Morgan fingerprint density at radius 3 is 2.04 bits per heavy atom. The van der Waals surface area contributed by atoms with Crippen LogP contribution in [-0.4, -0.2) is 6.04 Å². The smallest absolute Gasteiger partial charge is 0.104 e. The number of rotatable bonds is 10. The van der Waals surface area contributed by atoms with E-state index in [0.717, 1.165) is 32.1 Å². The fraction of sp³-hybridized carbons (Fsp3) is 0.429. The minimum atomic E-state index is 0.122. The maximum atomic E-state index is 6.11. The van der Waals surface area contributed by atoms with Crippen molar-refractivity contribution in [2.24, 2.45) is 0 Å². The second-order valence-electron chi connectivity index (χ2n) is 6.10. The molecule has 2 aromatic carbocycles. The molecule has 2 aromatic rings. The fourth-order valence-corrected chi connectivity index (χ4v) is 2.85. The number of hydrogen-bond acceptors (Lipinski definition) is 2. The maximum Gasteiger partial charge on any atom is 0.104 e. The van der Waals surface area contributed by atoms with Gasteiger partial charge in [-0.1, -0.05) is 87.4 Å². The topological polar surface area (TPSA) is 21.3 Å². The van der Waals surface area contributed by atoms with Gasteiger partial charge in [0, 0.05) is 6.04 Å². The summed E-state index contributed by atoms with van der Waals surface area (Å²) in [6, 6.07) is 21.5. The van der Waals surface area contributed by atoms with Gasteiger partial charge >= 0.3 is 0 Å². The molecule has 0 aromatic heterocycles. The van der Waals surface area contributed by atoms with Crippen LogP contribution in [-0.2, 0) is 11.3 Å². The van der Waals surface area contributed by atoms with Crippen LogP contribution in [0.4, 0.5) is 0 Å². The lowest BCUT2D eigenvalue weighted by Gasteiger charge is -2.23. The van der Waals surface area contributed by atoms with E-state index >= 15 is 0 Å². The van der Waals surface area contributed by atoms with Gasteiger partial charge in [0.05, 0.1) is 0 Å². The first-order chi connectivity index (χ1) is 11.3. The first kappa shape index (κ1) is 17.7. The first-order valence-electron chi connectivity index (χ1n) is 8.83. The lowest BCUT2D eigenvalue weighted by atomic mass is 10.0. The van der Waals surface area contributed by atoms with Crippen LogP contribution in [0.25, 0.3) is 0 Å². The Morgan fingerprint density at radius 1 is 0.826 bits per heavy atom. The molecule has 0 aliphatic rings. The van der Waals surface area contributed by atoms with Crippen molar-refractivity contribution in [3.05, 3.63) is 71.8 Å². The summed E-state index contributed by atoms with van der Waals surface area (Å²) in [7, 11) is 0. The molecule has 2 heteroatoms. The Bertz CT molecular complexity index is 526. The van der Waals surface area contributed by atoms with E-state index in [2.05, 4.69) is 80.0 Å².